The van der Waals surface area contributed by atoms with Gasteiger partial charge in [0.15, 0.2) is 0 Å². The molecular formula is C16H24N2O3. The molecule has 1 amide bonds. The van der Waals surface area contributed by atoms with Crippen molar-refractivity contribution in [2.45, 2.75) is 39.0 Å². The van der Waals surface area contributed by atoms with Gasteiger partial charge >= 0.3 is 5.97 Å². The number of carbonyl (C=O) groups excluding carboxylic acids is 1. The zero-order chi connectivity index (χ0) is 15.7. The molecule has 1 aromatic carbocycles. The van der Waals surface area contributed by atoms with Gasteiger partial charge < -0.3 is 16.2 Å². The largest absolute Gasteiger partial charge is 0.481 e. The SMILES string of the molecule is CC(CCN)CCC(=O)Nc1ccccc1CCC(=O)O. The monoisotopic (exact) mass is 292 g/mol. The molecule has 4 N–H and O–H groups in total. The number of hydrogen-bond acceptors (Lipinski definition) is 3. The van der Waals surface area contributed by atoms with E-state index in [1.165, 1.54) is 0 Å². The highest BCUT2D eigenvalue weighted by molar-refractivity contribution is 5.91. The second-order valence-electron chi connectivity index (χ2n) is 5.32. The van der Waals surface area contributed by atoms with Crippen molar-refractivity contribution in [3.8, 4) is 0 Å². The van der Waals surface area contributed by atoms with Gasteiger partial charge in [-0.05, 0) is 43.4 Å². The van der Waals surface area contributed by atoms with Crippen molar-refractivity contribution in [1.29, 1.82) is 0 Å². The molecule has 0 aromatic heterocycles. The first-order valence-corrected chi connectivity index (χ1v) is 7.32. The molecule has 1 aromatic rings. The molecule has 0 aliphatic heterocycles. The molecule has 5 heteroatoms. The van der Waals surface area contributed by atoms with Crippen molar-refractivity contribution in [1.82, 2.24) is 0 Å². The Bertz CT molecular complexity index is 474. The number of carboxylic acid groups (broad SMARTS) is 1. The maximum atomic E-state index is 12.0. The fourth-order valence-electron chi connectivity index (χ4n) is 2.12. The highest BCUT2D eigenvalue weighted by atomic mass is 16.4. The lowest BCUT2D eigenvalue weighted by Crippen LogP contribution is -2.15. The first-order valence-electron chi connectivity index (χ1n) is 7.32. The van der Waals surface area contributed by atoms with Crippen LogP contribution in [0.1, 0.15) is 38.2 Å². The van der Waals surface area contributed by atoms with Crippen LogP contribution in [0.2, 0.25) is 0 Å². The van der Waals surface area contributed by atoms with E-state index >= 15 is 0 Å². The molecular weight excluding hydrogens is 268 g/mol. The van der Waals surface area contributed by atoms with Crippen LogP contribution in [0.3, 0.4) is 0 Å². The minimum absolute atomic E-state index is 0.0401. The van der Waals surface area contributed by atoms with Gasteiger partial charge in [0.25, 0.3) is 0 Å². The number of anilines is 1. The van der Waals surface area contributed by atoms with E-state index in [2.05, 4.69) is 12.2 Å². The number of rotatable bonds is 9. The third kappa shape index (κ3) is 6.90. The Kier molecular flexibility index (Phi) is 7.46. The first kappa shape index (κ1) is 17.2. The van der Waals surface area contributed by atoms with Crippen molar-refractivity contribution >= 4 is 17.6 Å². The molecule has 0 spiro atoms. The van der Waals surface area contributed by atoms with Crippen molar-refractivity contribution in [3.05, 3.63) is 29.8 Å². The average Bonchev–Trinajstić information content (AvgIpc) is 2.44. The predicted octanol–water partition coefficient (Wildman–Crippen LogP) is 2.41. The summed E-state index contributed by atoms with van der Waals surface area (Å²) in [6, 6.07) is 7.32. The van der Waals surface area contributed by atoms with Gasteiger partial charge in [-0.3, -0.25) is 9.59 Å². The molecule has 0 fully saturated rings. The van der Waals surface area contributed by atoms with Crippen molar-refractivity contribution in [3.63, 3.8) is 0 Å². The number of hydrogen-bond donors (Lipinski definition) is 3. The molecule has 5 nitrogen and oxygen atoms in total. The second kappa shape index (κ2) is 9.13. The zero-order valence-corrected chi connectivity index (χ0v) is 12.5. The highest BCUT2D eigenvalue weighted by Gasteiger charge is 2.09. The van der Waals surface area contributed by atoms with Gasteiger partial charge in [-0.25, -0.2) is 0 Å². The summed E-state index contributed by atoms with van der Waals surface area (Å²) in [6.45, 7) is 2.72. The van der Waals surface area contributed by atoms with Crippen LogP contribution < -0.4 is 11.1 Å². The Morgan fingerprint density at radius 2 is 1.95 bits per heavy atom. The Labute approximate surface area is 125 Å². The van der Waals surface area contributed by atoms with E-state index in [1.54, 1.807) is 6.07 Å². The van der Waals surface area contributed by atoms with Crippen LogP contribution in [-0.4, -0.2) is 23.5 Å². The van der Waals surface area contributed by atoms with Crippen LogP contribution in [0.15, 0.2) is 24.3 Å². The van der Waals surface area contributed by atoms with E-state index in [9.17, 15) is 9.59 Å². The maximum Gasteiger partial charge on any atom is 0.303 e. The predicted molar refractivity (Wildman–Crippen MR) is 83.1 cm³/mol. The van der Waals surface area contributed by atoms with Crippen molar-refractivity contribution < 1.29 is 14.7 Å². The second-order valence-corrected chi connectivity index (χ2v) is 5.32. The van der Waals surface area contributed by atoms with Gasteiger partial charge in [0.2, 0.25) is 5.91 Å². The zero-order valence-electron chi connectivity index (χ0n) is 12.5. The molecule has 0 aliphatic rings. The first-order chi connectivity index (χ1) is 10.0. The summed E-state index contributed by atoms with van der Waals surface area (Å²) in [5.74, 6) is -0.448. The van der Waals surface area contributed by atoms with E-state index in [0.29, 0.717) is 31.0 Å². The molecule has 0 heterocycles. The summed E-state index contributed by atoms with van der Waals surface area (Å²) in [4.78, 5) is 22.6. The third-order valence-corrected chi connectivity index (χ3v) is 3.42. The number of carbonyl (C=O) groups is 2. The summed E-state index contributed by atoms with van der Waals surface area (Å²) >= 11 is 0. The topological polar surface area (TPSA) is 92.4 Å². The van der Waals surface area contributed by atoms with Gasteiger partial charge in [-0.2, -0.15) is 0 Å². The molecule has 21 heavy (non-hydrogen) atoms. The lowest BCUT2D eigenvalue weighted by molar-refractivity contribution is -0.136. The summed E-state index contributed by atoms with van der Waals surface area (Å²) in [7, 11) is 0. The summed E-state index contributed by atoms with van der Waals surface area (Å²) in [5.41, 5.74) is 7.04. The lowest BCUT2D eigenvalue weighted by Gasteiger charge is -2.12. The number of para-hydroxylation sites is 1. The smallest absolute Gasteiger partial charge is 0.303 e. The summed E-state index contributed by atoms with van der Waals surface area (Å²) in [5, 5.41) is 11.6. The van der Waals surface area contributed by atoms with Crippen LogP contribution in [0.5, 0.6) is 0 Å². The van der Waals surface area contributed by atoms with Crippen LogP contribution in [-0.2, 0) is 16.0 Å². The fraction of sp³-hybridized carbons (Fsp3) is 0.500. The Balaban J connectivity index is 2.53. The fourth-order valence-corrected chi connectivity index (χ4v) is 2.12. The quantitative estimate of drug-likeness (QED) is 0.651. The van der Waals surface area contributed by atoms with Crippen LogP contribution in [0.25, 0.3) is 0 Å². The van der Waals surface area contributed by atoms with Gasteiger partial charge in [-0.15, -0.1) is 0 Å². The van der Waals surface area contributed by atoms with E-state index in [-0.39, 0.29) is 12.3 Å². The molecule has 0 saturated carbocycles. The number of nitrogens with two attached hydrogens (primary N) is 1. The Morgan fingerprint density at radius 1 is 1.24 bits per heavy atom. The summed E-state index contributed by atoms with van der Waals surface area (Å²) in [6.07, 6.45) is 2.65. The van der Waals surface area contributed by atoms with Crippen molar-refractivity contribution in [2.24, 2.45) is 11.7 Å². The summed E-state index contributed by atoms with van der Waals surface area (Å²) < 4.78 is 0. The lowest BCUT2D eigenvalue weighted by atomic mass is 10.0. The molecule has 1 unspecified atom stereocenters. The Hall–Kier alpha value is -1.88. The van der Waals surface area contributed by atoms with Gasteiger partial charge in [0.1, 0.15) is 0 Å². The normalized spacial score (nSPS) is 11.9. The standard InChI is InChI=1S/C16H24N2O3/c1-12(10-11-17)6-8-15(19)18-14-5-3-2-4-13(14)7-9-16(20)21/h2-5,12H,6-11,17H2,1H3,(H,18,19)(H,20,21). The number of carboxylic acids is 1. The minimum Gasteiger partial charge on any atom is -0.481 e. The minimum atomic E-state index is -0.841. The molecule has 0 saturated heterocycles. The molecule has 0 radical (unpaired) electrons. The van der Waals surface area contributed by atoms with E-state index in [4.69, 9.17) is 10.8 Å². The van der Waals surface area contributed by atoms with Crippen molar-refractivity contribution in [2.75, 3.05) is 11.9 Å². The number of aryl methyl sites for hydroxylation is 1. The number of aliphatic carboxylic acids is 1. The van der Waals surface area contributed by atoms with Gasteiger partial charge in [-0.1, -0.05) is 25.1 Å². The molecule has 0 bridgehead atoms. The van der Waals surface area contributed by atoms with E-state index < -0.39 is 5.97 Å². The highest BCUT2D eigenvalue weighted by Crippen LogP contribution is 2.18. The van der Waals surface area contributed by atoms with Crippen LogP contribution >= 0.6 is 0 Å². The van der Waals surface area contributed by atoms with Crippen LogP contribution in [0.4, 0.5) is 5.69 Å². The van der Waals surface area contributed by atoms with Gasteiger partial charge in [0, 0.05) is 18.5 Å². The van der Waals surface area contributed by atoms with E-state index in [0.717, 1.165) is 18.4 Å². The maximum absolute atomic E-state index is 12.0. The van der Waals surface area contributed by atoms with Crippen LogP contribution in [0, 0.1) is 5.92 Å². The Morgan fingerprint density at radius 3 is 2.62 bits per heavy atom. The average molecular weight is 292 g/mol. The number of amides is 1. The van der Waals surface area contributed by atoms with E-state index in [1.807, 2.05) is 18.2 Å². The molecule has 1 atom stereocenters. The molecule has 1 rings (SSSR count). The number of nitrogens with one attached hydrogen (secondary N) is 1. The molecule has 0 aliphatic carbocycles. The number of benzene rings is 1. The third-order valence-electron chi connectivity index (χ3n) is 3.42. The van der Waals surface area contributed by atoms with Gasteiger partial charge in [0.05, 0.1) is 0 Å². The molecule has 116 valence electrons.